The van der Waals surface area contributed by atoms with E-state index in [-0.39, 0.29) is 11.4 Å². The minimum atomic E-state index is -4.44. The van der Waals surface area contributed by atoms with Crippen LogP contribution < -0.4 is 4.90 Å². The first kappa shape index (κ1) is 17.2. The molecular weight excluding hydrogens is 333 g/mol. The van der Waals surface area contributed by atoms with Gasteiger partial charge in [-0.05, 0) is 24.7 Å². The normalized spacial score (nSPS) is 16.0. The molecule has 0 bridgehead atoms. The van der Waals surface area contributed by atoms with Crippen LogP contribution in [0.2, 0.25) is 0 Å². The summed E-state index contributed by atoms with van der Waals surface area (Å²) in [6, 6.07) is 6.72. The number of nitriles is 1. The second kappa shape index (κ2) is 6.72. The molecule has 0 aliphatic carbocycles. The Labute approximate surface area is 143 Å². The zero-order valence-corrected chi connectivity index (χ0v) is 13.7. The number of piperazine rings is 1. The molecule has 0 N–H and O–H groups in total. The highest BCUT2D eigenvalue weighted by atomic mass is 19.4. The number of rotatable bonds is 3. The van der Waals surface area contributed by atoms with E-state index in [2.05, 4.69) is 22.0 Å². The quantitative estimate of drug-likeness (QED) is 0.850. The fourth-order valence-corrected chi connectivity index (χ4v) is 2.78. The molecule has 1 saturated heterocycles. The fourth-order valence-electron chi connectivity index (χ4n) is 2.78. The van der Waals surface area contributed by atoms with Gasteiger partial charge >= 0.3 is 6.18 Å². The summed E-state index contributed by atoms with van der Waals surface area (Å²) in [5, 5.41) is 17.6. The van der Waals surface area contributed by atoms with Gasteiger partial charge in [0.15, 0.2) is 5.82 Å². The van der Waals surface area contributed by atoms with E-state index in [0.29, 0.717) is 18.9 Å². The third-order valence-electron chi connectivity index (χ3n) is 4.23. The lowest BCUT2D eigenvalue weighted by Crippen LogP contribution is -2.46. The van der Waals surface area contributed by atoms with Crippen molar-refractivity contribution >= 4 is 5.82 Å². The largest absolute Gasteiger partial charge is 0.416 e. The number of hydrogen-bond acceptors (Lipinski definition) is 5. The van der Waals surface area contributed by atoms with Gasteiger partial charge in [-0.2, -0.15) is 18.4 Å². The van der Waals surface area contributed by atoms with Crippen molar-refractivity contribution in [2.75, 3.05) is 37.6 Å². The van der Waals surface area contributed by atoms with Gasteiger partial charge in [0.25, 0.3) is 0 Å². The van der Waals surface area contributed by atoms with Crippen molar-refractivity contribution in [1.29, 1.82) is 5.26 Å². The highest BCUT2D eigenvalue weighted by Gasteiger charge is 2.31. The maximum atomic E-state index is 12.9. The Hall–Kier alpha value is -2.60. The van der Waals surface area contributed by atoms with Crippen molar-refractivity contribution in [3.05, 3.63) is 35.5 Å². The molecule has 1 fully saturated rings. The summed E-state index contributed by atoms with van der Waals surface area (Å²) in [5.41, 5.74) is -0.494. The molecule has 2 heterocycles. The van der Waals surface area contributed by atoms with Crippen molar-refractivity contribution in [2.24, 2.45) is 0 Å². The van der Waals surface area contributed by atoms with Gasteiger partial charge in [-0.3, -0.25) is 0 Å². The molecule has 0 unspecified atom stereocenters. The molecule has 0 radical (unpaired) electrons. The smallest absolute Gasteiger partial charge is 0.350 e. The zero-order valence-electron chi connectivity index (χ0n) is 13.7. The van der Waals surface area contributed by atoms with E-state index in [9.17, 15) is 18.4 Å². The Bertz CT molecular complexity index is 784. The Morgan fingerprint density at radius 1 is 1.16 bits per heavy atom. The first-order valence-corrected chi connectivity index (χ1v) is 7.94. The lowest BCUT2D eigenvalue weighted by molar-refractivity contribution is -0.137. The molecule has 1 aliphatic heterocycles. The van der Waals surface area contributed by atoms with E-state index in [1.54, 1.807) is 0 Å². The topological polar surface area (TPSA) is 61.0 Å². The Morgan fingerprint density at radius 3 is 2.48 bits per heavy atom. The summed E-state index contributed by atoms with van der Waals surface area (Å²) >= 11 is 0. The number of nitrogens with zero attached hydrogens (tertiary/aromatic N) is 6. The molecule has 1 aromatic heterocycles. The number of halogens is 3. The van der Waals surface area contributed by atoms with Crippen LogP contribution in [0.15, 0.2) is 24.3 Å². The third kappa shape index (κ3) is 3.58. The van der Waals surface area contributed by atoms with Crippen molar-refractivity contribution in [2.45, 2.75) is 13.1 Å². The first-order chi connectivity index (χ1) is 11.9. The van der Waals surface area contributed by atoms with Crippen LogP contribution in [-0.2, 0) is 6.18 Å². The number of alkyl halides is 3. The Morgan fingerprint density at radius 2 is 1.88 bits per heavy atom. The van der Waals surface area contributed by atoms with Crippen LogP contribution in [-0.4, -0.2) is 52.6 Å². The lowest BCUT2D eigenvalue weighted by atomic mass is 10.2. The molecule has 25 heavy (non-hydrogen) atoms. The highest BCUT2D eigenvalue weighted by Crippen LogP contribution is 2.30. The highest BCUT2D eigenvalue weighted by molar-refractivity contribution is 5.51. The van der Waals surface area contributed by atoms with E-state index in [4.69, 9.17) is 0 Å². The summed E-state index contributed by atoms with van der Waals surface area (Å²) in [6.07, 6.45) is -4.44. The molecule has 3 rings (SSSR count). The summed E-state index contributed by atoms with van der Waals surface area (Å²) < 4.78 is 38.6. The van der Waals surface area contributed by atoms with Crippen molar-refractivity contribution < 1.29 is 13.2 Å². The predicted molar refractivity (Wildman–Crippen MR) is 85.4 cm³/mol. The molecule has 2 aromatic rings. The average Bonchev–Trinajstić information content (AvgIpc) is 3.05. The summed E-state index contributed by atoms with van der Waals surface area (Å²) in [5.74, 6) is 0.413. The number of anilines is 1. The Kier molecular flexibility index (Phi) is 4.63. The monoisotopic (exact) mass is 350 g/mol. The van der Waals surface area contributed by atoms with Crippen LogP contribution >= 0.6 is 0 Å². The molecule has 1 aliphatic rings. The summed E-state index contributed by atoms with van der Waals surface area (Å²) in [7, 11) is 0. The SMILES string of the molecule is CCN1CCN(c2nn(-c3cccc(C(F)(F)F)c3)nc2C#N)CC1. The van der Waals surface area contributed by atoms with Crippen molar-refractivity contribution in [1.82, 2.24) is 19.9 Å². The summed E-state index contributed by atoms with van der Waals surface area (Å²) in [4.78, 5) is 5.32. The summed E-state index contributed by atoms with van der Waals surface area (Å²) in [6.45, 7) is 6.12. The van der Waals surface area contributed by atoms with Gasteiger partial charge in [-0.25, -0.2) is 0 Å². The van der Waals surface area contributed by atoms with Gasteiger partial charge in [0.05, 0.1) is 11.3 Å². The zero-order chi connectivity index (χ0) is 18.0. The van der Waals surface area contributed by atoms with Crippen LogP contribution in [0, 0.1) is 11.3 Å². The van der Waals surface area contributed by atoms with E-state index in [1.165, 1.54) is 12.1 Å². The van der Waals surface area contributed by atoms with Gasteiger partial charge < -0.3 is 9.80 Å². The number of hydrogen-bond donors (Lipinski definition) is 0. The van der Waals surface area contributed by atoms with Gasteiger partial charge in [0.1, 0.15) is 6.07 Å². The predicted octanol–water partition coefficient (Wildman–Crippen LogP) is 2.30. The molecule has 0 amide bonds. The minimum Gasteiger partial charge on any atom is -0.350 e. The van der Waals surface area contributed by atoms with E-state index in [1.807, 2.05) is 11.0 Å². The van der Waals surface area contributed by atoms with Gasteiger partial charge in [-0.1, -0.05) is 13.0 Å². The van der Waals surface area contributed by atoms with E-state index < -0.39 is 11.7 Å². The Balaban J connectivity index is 1.90. The maximum Gasteiger partial charge on any atom is 0.416 e. The minimum absolute atomic E-state index is 0.113. The second-order valence-corrected chi connectivity index (χ2v) is 5.74. The first-order valence-electron chi connectivity index (χ1n) is 7.94. The van der Waals surface area contributed by atoms with Crippen LogP contribution in [0.4, 0.5) is 19.0 Å². The standard InChI is InChI=1S/C16H17F3N6/c1-2-23-6-8-24(9-7-23)15-14(11-20)21-25(22-15)13-5-3-4-12(10-13)16(17,18)19/h3-5,10H,2,6-9H2,1H3. The van der Waals surface area contributed by atoms with E-state index in [0.717, 1.165) is 36.6 Å². The molecular formula is C16H17F3N6. The molecule has 132 valence electrons. The van der Waals surface area contributed by atoms with Crippen LogP contribution in [0.1, 0.15) is 18.2 Å². The molecule has 0 saturated carbocycles. The molecule has 0 spiro atoms. The van der Waals surface area contributed by atoms with Crippen LogP contribution in [0.25, 0.3) is 5.69 Å². The van der Waals surface area contributed by atoms with Gasteiger partial charge in [-0.15, -0.1) is 15.0 Å². The lowest BCUT2D eigenvalue weighted by Gasteiger charge is -2.33. The third-order valence-corrected chi connectivity index (χ3v) is 4.23. The maximum absolute atomic E-state index is 12.9. The number of benzene rings is 1. The number of likely N-dealkylation sites (N-methyl/N-ethyl adjacent to an activating group) is 1. The molecule has 9 heteroatoms. The number of aromatic nitrogens is 3. The van der Waals surface area contributed by atoms with E-state index >= 15 is 0 Å². The van der Waals surface area contributed by atoms with Crippen LogP contribution in [0.3, 0.4) is 0 Å². The van der Waals surface area contributed by atoms with Crippen molar-refractivity contribution in [3.8, 4) is 11.8 Å². The average molecular weight is 350 g/mol. The molecule has 0 atom stereocenters. The van der Waals surface area contributed by atoms with Crippen molar-refractivity contribution in [3.63, 3.8) is 0 Å². The van der Waals surface area contributed by atoms with Gasteiger partial charge in [0.2, 0.25) is 5.69 Å². The molecule has 6 nitrogen and oxygen atoms in total. The fraction of sp³-hybridized carbons (Fsp3) is 0.438. The van der Waals surface area contributed by atoms with Crippen LogP contribution in [0.5, 0.6) is 0 Å². The molecule has 1 aromatic carbocycles. The van der Waals surface area contributed by atoms with Gasteiger partial charge in [0, 0.05) is 26.2 Å². The second-order valence-electron chi connectivity index (χ2n) is 5.74.